The maximum atomic E-state index is 13.4. The number of fused-ring (bicyclic) bond motifs is 1. The van der Waals surface area contributed by atoms with E-state index in [1.807, 2.05) is 25.1 Å². The number of anilines is 1. The predicted molar refractivity (Wildman–Crippen MR) is 130 cm³/mol. The topological polar surface area (TPSA) is 84.3 Å². The van der Waals surface area contributed by atoms with Crippen LogP contribution in [0.1, 0.15) is 23.5 Å². The van der Waals surface area contributed by atoms with E-state index < -0.39 is 5.92 Å². The van der Waals surface area contributed by atoms with E-state index in [2.05, 4.69) is 11.0 Å². The van der Waals surface area contributed by atoms with Gasteiger partial charge in [-0.15, -0.1) is 0 Å². The summed E-state index contributed by atoms with van der Waals surface area (Å²) >= 11 is 1.48. The molecule has 0 aliphatic carbocycles. The van der Waals surface area contributed by atoms with Gasteiger partial charge in [0.05, 0.1) is 63.3 Å². The smallest absolute Gasteiger partial charge is 0.229 e. The van der Waals surface area contributed by atoms with Crippen molar-refractivity contribution in [1.82, 2.24) is 4.90 Å². The Labute approximate surface area is 203 Å². The van der Waals surface area contributed by atoms with Crippen LogP contribution in [0, 0.1) is 18.3 Å². The third-order valence-corrected chi connectivity index (χ3v) is 7.23. The Hall–Kier alpha value is -3.51. The van der Waals surface area contributed by atoms with Crippen LogP contribution in [0.15, 0.2) is 40.9 Å². The second-order valence-corrected chi connectivity index (χ2v) is 8.92. The predicted octanol–water partition coefficient (Wildman–Crippen LogP) is 4.25. The third-order valence-electron chi connectivity index (χ3n) is 6.08. The maximum Gasteiger partial charge on any atom is 0.229 e. The van der Waals surface area contributed by atoms with Crippen molar-refractivity contribution < 1.29 is 23.7 Å². The first-order valence-corrected chi connectivity index (χ1v) is 11.7. The second kappa shape index (κ2) is 9.77. The van der Waals surface area contributed by atoms with E-state index >= 15 is 0 Å². The first-order chi connectivity index (χ1) is 16.4. The lowest BCUT2D eigenvalue weighted by atomic mass is 9.85. The summed E-state index contributed by atoms with van der Waals surface area (Å²) in [5, 5.41) is 10.8. The van der Waals surface area contributed by atoms with Gasteiger partial charge in [-0.25, -0.2) is 0 Å². The molecule has 1 fully saturated rings. The number of carbonyl (C=O) groups excluding carboxylic acids is 1. The van der Waals surface area contributed by atoms with Crippen molar-refractivity contribution >= 4 is 23.4 Å². The van der Waals surface area contributed by atoms with E-state index in [1.54, 1.807) is 45.5 Å². The number of carbonyl (C=O) groups is 1. The van der Waals surface area contributed by atoms with Crippen molar-refractivity contribution in [2.45, 2.75) is 19.3 Å². The van der Waals surface area contributed by atoms with Crippen LogP contribution in [-0.4, -0.2) is 51.8 Å². The molecule has 0 saturated carbocycles. The van der Waals surface area contributed by atoms with Crippen molar-refractivity contribution in [2.75, 3.05) is 45.9 Å². The molecule has 2 aliphatic heterocycles. The number of hydrogen-bond donors (Lipinski definition) is 0. The zero-order valence-corrected chi connectivity index (χ0v) is 20.7. The zero-order chi connectivity index (χ0) is 24.4. The van der Waals surface area contributed by atoms with E-state index in [4.69, 9.17) is 18.9 Å². The van der Waals surface area contributed by atoms with Crippen molar-refractivity contribution in [3.05, 3.63) is 52.1 Å². The van der Waals surface area contributed by atoms with Crippen molar-refractivity contribution in [1.29, 1.82) is 5.26 Å². The summed E-state index contributed by atoms with van der Waals surface area (Å²) in [4.78, 5) is 17.1. The summed E-state index contributed by atoms with van der Waals surface area (Å²) < 4.78 is 22.0. The number of nitrogens with zero attached hydrogens (tertiary/aromatic N) is 3. The fourth-order valence-corrected chi connectivity index (χ4v) is 5.51. The molecular formula is C25H27N3O5S. The normalized spacial score (nSPS) is 17.8. The molecule has 9 heteroatoms. The number of thioether (sulfide) groups is 1. The van der Waals surface area contributed by atoms with E-state index in [0.29, 0.717) is 40.4 Å². The van der Waals surface area contributed by atoms with Gasteiger partial charge in [0.15, 0.2) is 11.5 Å². The number of rotatable bonds is 6. The lowest BCUT2D eigenvalue weighted by molar-refractivity contribution is -0.129. The van der Waals surface area contributed by atoms with Crippen LogP contribution in [0.3, 0.4) is 0 Å². The molecule has 4 rings (SSSR count). The van der Waals surface area contributed by atoms with Crippen LogP contribution in [0.4, 0.5) is 5.69 Å². The number of nitriles is 1. The number of amides is 1. The fraction of sp³-hybridized carbons (Fsp3) is 0.360. The highest BCUT2D eigenvalue weighted by Gasteiger charge is 2.40. The van der Waals surface area contributed by atoms with E-state index in [-0.39, 0.29) is 12.3 Å². The molecule has 2 heterocycles. The molecule has 1 saturated heterocycles. The lowest BCUT2D eigenvalue weighted by Crippen LogP contribution is -2.47. The minimum absolute atomic E-state index is 0.0559. The van der Waals surface area contributed by atoms with Gasteiger partial charge >= 0.3 is 0 Å². The van der Waals surface area contributed by atoms with Crippen LogP contribution in [-0.2, 0) is 4.79 Å². The molecule has 0 aromatic heterocycles. The monoisotopic (exact) mass is 481 g/mol. The molecule has 0 radical (unpaired) electrons. The molecule has 2 aliphatic rings. The summed E-state index contributed by atoms with van der Waals surface area (Å²) in [6.07, 6.45) is 0.150. The van der Waals surface area contributed by atoms with Gasteiger partial charge in [-0.05, 0) is 30.7 Å². The molecule has 0 spiro atoms. The molecule has 0 unspecified atom stereocenters. The molecule has 2 aromatic carbocycles. The summed E-state index contributed by atoms with van der Waals surface area (Å²) in [7, 11) is 6.30. The average Bonchev–Trinajstić information content (AvgIpc) is 2.87. The Balaban J connectivity index is 1.73. The summed E-state index contributed by atoms with van der Waals surface area (Å²) in [5.41, 5.74) is 3.29. The Bertz CT molecular complexity index is 1190. The minimum atomic E-state index is -0.439. The second-order valence-electron chi connectivity index (χ2n) is 7.99. The Morgan fingerprint density at radius 3 is 2.29 bits per heavy atom. The van der Waals surface area contributed by atoms with Crippen LogP contribution in [0.5, 0.6) is 23.0 Å². The van der Waals surface area contributed by atoms with E-state index in [0.717, 1.165) is 22.6 Å². The average molecular weight is 482 g/mol. The number of aryl methyl sites for hydroxylation is 1. The molecule has 0 bridgehead atoms. The van der Waals surface area contributed by atoms with Gasteiger partial charge in [0.2, 0.25) is 5.91 Å². The van der Waals surface area contributed by atoms with E-state index in [9.17, 15) is 10.1 Å². The molecule has 178 valence electrons. The van der Waals surface area contributed by atoms with E-state index in [1.165, 1.54) is 11.8 Å². The van der Waals surface area contributed by atoms with Gasteiger partial charge in [-0.2, -0.15) is 5.26 Å². The van der Waals surface area contributed by atoms with Crippen molar-refractivity contribution in [3.63, 3.8) is 0 Å². The Kier molecular flexibility index (Phi) is 6.80. The number of hydrogen-bond acceptors (Lipinski definition) is 8. The maximum absolute atomic E-state index is 13.4. The van der Waals surface area contributed by atoms with Crippen LogP contribution >= 0.6 is 11.8 Å². The summed E-state index contributed by atoms with van der Waals surface area (Å²) in [5.74, 6) is 2.42. The van der Waals surface area contributed by atoms with Gasteiger partial charge < -0.3 is 23.8 Å². The van der Waals surface area contributed by atoms with Gasteiger partial charge in [-0.3, -0.25) is 9.69 Å². The number of ether oxygens (including phenoxy) is 4. The molecular weight excluding hydrogens is 454 g/mol. The highest BCUT2D eigenvalue weighted by atomic mass is 32.2. The number of benzene rings is 2. The first-order valence-electron chi connectivity index (χ1n) is 10.7. The van der Waals surface area contributed by atoms with Crippen LogP contribution < -0.4 is 23.8 Å². The standard InChI is InChI=1S/C25H27N3O5S/c1-15-6-7-20(30-2)19(8-15)27-13-28-24(29)10-16(18(12-26)25(28)34-14-27)17-9-22(32-4)23(33-5)11-21(17)31-3/h6-9,11,16H,10,13-14H2,1-5H3/t16-/m0/s1. The molecule has 8 nitrogen and oxygen atoms in total. The molecule has 1 atom stereocenters. The van der Waals surface area contributed by atoms with Gasteiger partial charge in [-0.1, -0.05) is 17.8 Å². The highest BCUT2D eigenvalue weighted by Crippen LogP contribution is 2.48. The number of allylic oxidation sites excluding steroid dienone is 1. The van der Waals surface area contributed by atoms with Crippen LogP contribution in [0.2, 0.25) is 0 Å². The van der Waals surface area contributed by atoms with Gasteiger partial charge in [0, 0.05) is 24.0 Å². The Morgan fingerprint density at radius 2 is 1.65 bits per heavy atom. The molecule has 2 aromatic rings. The molecule has 0 N–H and O–H groups in total. The Morgan fingerprint density at radius 1 is 0.971 bits per heavy atom. The highest BCUT2D eigenvalue weighted by molar-refractivity contribution is 8.03. The van der Waals surface area contributed by atoms with Crippen LogP contribution in [0.25, 0.3) is 0 Å². The summed E-state index contributed by atoms with van der Waals surface area (Å²) in [6, 6.07) is 11.9. The largest absolute Gasteiger partial charge is 0.496 e. The summed E-state index contributed by atoms with van der Waals surface area (Å²) in [6.45, 7) is 2.37. The quantitative estimate of drug-likeness (QED) is 0.606. The zero-order valence-electron chi connectivity index (χ0n) is 19.9. The molecule has 34 heavy (non-hydrogen) atoms. The van der Waals surface area contributed by atoms with Gasteiger partial charge in [0.25, 0.3) is 0 Å². The number of methoxy groups -OCH3 is 4. The lowest BCUT2D eigenvalue weighted by Gasteiger charge is -2.42. The fourth-order valence-electron chi connectivity index (χ4n) is 4.35. The third kappa shape index (κ3) is 4.10. The van der Waals surface area contributed by atoms with Gasteiger partial charge in [0.1, 0.15) is 11.5 Å². The van der Waals surface area contributed by atoms with Crippen molar-refractivity contribution in [3.8, 4) is 29.1 Å². The van der Waals surface area contributed by atoms with Crippen molar-refractivity contribution in [2.24, 2.45) is 0 Å². The first kappa shape index (κ1) is 23.6. The molecule has 1 amide bonds. The SMILES string of the molecule is COc1cc(OC)c([C@@H]2CC(=O)N3CN(c4cc(C)ccc4OC)CSC3=C2C#N)cc1OC. The minimum Gasteiger partial charge on any atom is -0.496 e.